The molecule has 0 unspecified atom stereocenters. The van der Waals surface area contributed by atoms with E-state index in [1.54, 1.807) is 24.3 Å². The van der Waals surface area contributed by atoms with Crippen LogP contribution in [0.5, 0.6) is 5.75 Å². The van der Waals surface area contributed by atoms with Gasteiger partial charge in [-0.05, 0) is 68.1 Å². The van der Waals surface area contributed by atoms with Gasteiger partial charge in [-0.3, -0.25) is 9.59 Å². The van der Waals surface area contributed by atoms with Gasteiger partial charge in [-0.15, -0.1) is 0 Å². The number of benzene rings is 2. The van der Waals surface area contributed by atoms with E-state index in [0.29, 0.717) is 24.5 Å². The van der Waals surface area contributed by atoms with E-state index in [-0.39, 0.29) is 18.4 Å². The lowest BCUT2D eigenvalue weighted by Crippen LogP contribution is -2.36. The van der Waals surface area contributed by atoms with Crippen LogP contribution >= 0.6 is 0 Å². The zero-order valence-corrected chi connectivity index (χ0v) is 17.6. The van der Waals surface area contributed by atoms with Crippen LogP contribution in [0, 0.1) is 0 Å². The van der Waals surface area contributed by atoms with E-state index in [0.717, 1.165) is 30.6 Å². The lowest BCUT2D eigenvalue weighted by atomic mass is 10.2. The molecule has 0 fully saturated rings. The number of fused-ring (bicyclic) bond motifs is 1. The minimum absolute atomic E-state index is 0.0897. The van der Waals surface area contributed by atoms with Crippen LogP contribution < -0.4 is 15.4 Å². The fraction of sp³-hybridized carbons (Fsp3) is 0.292. The van der Waals surface area contributed by atoms with Gasteiger partial charge in [0, 0.05) is 11.3 Å². The number of aromatic nitrogens is 2. The summed E-state index contributed by atoms with van der Waals surface area (Å²) >= 11 is 0. The van der Waals surface area contributed by atoms with Crippen LogP contribution in [0.2, 0.25) is 0 Å². The summed E-state index contributed by atoms with van der Waals surface area (Å²) in [6.07, 6.45) is 3.06. The monoisotopic (exact) mass is 418 g/mol. The molecule has 1 aliphatic carbocycles. The zero-order valence-electron chi connectivity index (χ0n) is 17.6. The number of carbonyl (C=O) groups is 2. The van der Waals surface area contributed by atoms with Crippen LogP contribution in [0.1, 0.15) is 40.7 Å². The number of ether oxygens (including phenoxy) is 1. The highest BCUT2D eigenvalue weighted by Gasteiger charge is 2.23. The molecular weight excluding hydrogens is 392 g/mol. The molecule has 0 aliphatic heterocycles. The van der Waals surface area contributed by atoms with Crippen molar-refractivity contribution in [1.29, 1.82) is 0 Å². The maximum absolute atomic E-state index is 12.3. The molecule has 7 nitrogen and oxygen atoms in total. The Hall–Kier alpha value is -3.61. The first-order valence-electron chi connectivity index (χ1n) is 10.6. The molecule has 0 atom stereocenters. The molecule has 0 spiro atoms. The molecule has 0 saturated carbocycles. The Morgan fingerprint density at radius 3 is 2.55 bits per heavy atom. The summed E-state index contributed by atoms with van der Waals surface area (Å²) in [5.74, 6) is 0.159. The molecule has 0 radical (unpaired) electrons. The first-order chi connectivity index (χ1) is 15.2. The molecule has 1 aliphatic rings. The second kappa shape index (κ2) is 9.47. The van der Waals surface area contributed by atoms with Crippen molar-refractivity contribution >= 4 is 11.8 Å². The fourth-order valence-corrected chi connectivity index (χ4v) is 3.82. The van der Waals surface area contributed by atoms with E-state index < -0.39 is 0 Å². The Kier molecular flexibility index (Phi) is 6.31. The smallest absolute Gasteiger partial charge is 0.251 e. The molecule has 2 aromatic carbocycles. The minimum atomic E-state index is -0.299. The summed E-state index contributed by atoms with van der Waals surface area (Å²) in [5.41, 5.74) is 4.85. The molecule has 7 heteroatoms. The first-order valence-corrected chi connectivity index (χ1v) is 10.6. The van der Waals surface area contributed by atoms with Gasteiger partial charge in [-0.25, -0.2) is 4.68 Å². The Morgan fingerprint density at radius 2 is 1.81 bits per heavy atom. The van der Waals surface area contributed by atoms with Gasteiger partial charge in [0.15, 0.2) is 0 Å². The number of para-hydroxylation sites is 1. The first kappa shape index (κ1) is 20.7. The molecule has 2 N–H and O–H groups in total. The van der Waals surface area contributed by atoms with Crippen molar-refractivity contribution < 1.29 is 14.3 Å². The number of hydrogen-bond donors (Lipinski definition) is 2. The summed E-state index contributed by atoms with van der Waals surface area (Å²) in [6, 6.07) is 16.9. The van der Waals surface area contributed by atoms with Crippen molar-refractivity contribution in [2.45, 2.75) is 32.7 Å². The average molecular weight is 418 g/mol. The van der Waals surface area contributed by atoms with Crippen molar-refractivity contribution in [3.05, 3.63) is 77.1 Å². The molecular formula is C24H26N4O3. The number of nitrogens with one attached hydrogen (secondary N) is 2. The van der Waals surface area contributed by atoms with Gasteiger partial charge in [-0.1, -0.05) is 18.2 Å². The molecule has 160 valence electrons. The number of rotatable bonds is 8. The maximum Gasteiger partial charge on any atom is 0.251 e. The van der Waals surface area contributed by atoms with Gasteiger partial charge in [0.2, 0.25) is 5.91 Å². The van der Waals surface area contributed by atoms with Crippen molar-refractivity contribution in [3.8, 4) is 11.4 Å². The van der Waals surface area contributed by atoms with Gasteiger partial charge in [0.1, 0.15) is 5.75 Å². The van der Waals surface area contributed by atoms with Crippen LogP contribution in [0.15, 0.2) is 54.6 Å². The van der Waals surface area contributed by atoms with Crippen molar-refractivity contribution in [2.75, 3.05) is 13.2 Å². The van der Waals surface area contributed by atoms with E-state index in [4.69, 9.17) is 9.84 Å². The van der Waals surface area contributed by atoms with E-state index in [9.17, 15) is 9.59 Å². The van der Waals surface area contributed by atoms with Crippen molar-refractivity contribution in [3.63, 3.8) is 0 Å². The quantitative estimate of drug-likeness (QED) is 0.589. The molecule has 3 aromatic rings. The Balaban J connectivity index is 1.33. The van der Waals surface area contributed by atoms with Crippen LogP contribution in [-0.4, -0.2) is 34.7 Å². The largest absolute Gasteiger partial charge is 0.494 e. The lowest BCUT2D eigenvalue weighted by Gasteiger charge is -2.08. The molecule has 4 rings (SSSR count). The second-order valence-electron chi connectivity index (χ2n) is 7.39. The zero-order chi connectivity index (χ0) is 21.6. The Morgan fingerprint density at radius 1 is 1.03 bits per heavy atom. The van der Waals surface area contributed by atoms with Gasteiger partial charge >= 0.3 is 0 Å². The molecule has 0 bridgehead atoms. The van der Waals surface area contributed by atoms with Gasteiger partial charge in [0.25, 0.3) is 5.91 Å². The normalized spacial score (nSPS) is 12.3. The minimum Gasteiger partial charge on any atom is -0.494 e. The molecule has 1 aromatic heterocycles. The van der Waals surface area contributed by atoms with Crippen LogP contribution in [-0.2, 0) is 24.2 Å². The lowest BCUT2D eigenvalue weighted by molar-refractivity contribution is -0.120. The highest BCUT2D eigenvalue weighted by atomic mass is 16.5. The highest BCUT2D eigenvalue weighted by molar-refractivity contribution is 5.96. The number of carbonyl (C=O) groups excluding carboxylic acids is 2. The SMILES string of the molecule is CCOc1ccc(C(=O)NCC(=O)NCc2nn(-c3ccccc3)c3c2CCC3)cc1. The van der Waals surface area contributed by atoms with E-state index in [1.807, 2.05) is 41.9 Å². The van der Waals surface area contributed by atoms with Gasteiger partial charge in [-0.2, -0.15) is 5.10 Å². The van der Waals surface area contributed by atoms with Crippen LogP contribution in [0.4, 0.5) is 0 Å². The summed E-state index contributed by atoms with van der Waals surface area (Å²) in [5, 5.41) is 10.3. The third kappa shape index (κ3) is 4.77. The third-order valence-electron chi connectivity index (χ3n) is 5.30. The summed E-state index contributed by atoms with van der Waals surface area (Å²) in [4.78, 5) is 24.5. The van der Waals surface area contributed by atoms with E-state index >= 15 is 0 Å². The average Bonchev–Trinajstić information content (AvgIpc) is 3.41. The predicted molar refractivity (Wildman–Crippen MR) is 117 cm³/mol. The standard InChI is InChI=1S/C24H26N4O3/c1-2-31-19-13-11-17(12-14-19)24(30)26-16-23(29)25-15-21-20-9-6-10-22(20)28(27-21)18-7-4-3-5-8-18/h3-5,7-8,11-14H,2,6,9-10,15-16H2,1H3,(H,25,29)(H,26,30). The predicted octanol–water partition coefficient (Wildman–Crippen LogP) is 2.81. The van der Waals surface area contributed by atoms with Crippen LogP contribution in [0.3, 0.4) is 0 Å². The highest BCUT2D eigenvalue weighted by Crippen LogP contribution is 2.27. The summed E-state index contributed by atoms with van der Waals surface area (Å²) in [6.45, 7) is 2.73. The van der Waals surface area contributed by atoms with Gasteiger partial charge < -0.3 is 15.4 Å². The van der Waals surface area contributed by atoms with Crippen molar-refractivity contribution in [2.24, 2.45) is 0 Å². The van der Waals surface area contributed by atoms with Crippen LogP contribution in [0.25, 0.3) is 5.69 Å². The molecule has 1 heterocycles. The third-order valence-corrected chi connectivity index (χ3v) is 5.30. The fourth-order valence-electron chi connectivity index (χ4n) is 3.82. The molecule has 31 heavy (non-hydrogen) atoms. The van der Waals surface area contributed by atoms with Gasteiger partial charge in [0.05, 0.1) is 31.1 Å². The Labute approximate surface area is 181 Å². The number of amides is 2. The number of nitrogens with zero attached hydrogens (tertiary/aromatic N) is 2. The Bertz CT molecular complexity index is 1060. The summed E-state index contributed by atoms with van der Waals surface area (Å²) < 4.78 is 7.35. The number of hydrogen-bond acceptors (Lipinski definition) is 4. The molecule has 0 saturated heterocycles. The maximum atomic E-state index is 12.3. The second-order valence-corrected chi connectivity index (χ2v) is 7.39. The van der Waals surface area contributed by atoms with E-state index in [1.165, 1.54) is 11.3 Å². The summed E-state index contributed by atoms with van der Waals surface area (Å²) in [7, 11) is 0. The molecule has 2 amide bonds. The van der Waals surface area contributed by atoms with E-state index in [2.05, 4.69) is 10.6 Å². The van der Waals surface area contributed by atoms with Crippen molar-refractivity contribution in [1.82, 2.24) is 20.4 Å². The topological polar surface area (TPSA) is 85.2 Å².